The third-order valence-corrected chi connectivity index (χ3v) is 2.83. The molecular weight excluding hydrogens is 236 g/mol. The van der Waals surface area contributed by atoms with Crippen LogP contribution >= 0.6 is 0 Å². The molecule has 0 spiro atoms. The molecule has 2 heterocycles. The third-order valence-electron chi connectivity index (χ3n) is 2.83. The van der Waals surface area contributed by atoms with Gasteiger partial charge in [-0.05, 0) is 49.6 Å². The highest BCUT2D eigenvalue weighted by atomic mass is 15.3. The lowest BCUT2D eigenvalue weighted by Gasteiger charge is -2.09. The van der Waals surface area contributed by atoms with Crippen molar-refractivity contribution in [2.75, 3.05) is 6.54 Å². The molecule has 2 aromatic heterocycles. The molecule has 2 aromatic rings. The molecule has 0 aliphatic heterocycles. The van der Waals surface area contributed by atoms with Gasteiger partial charge in [0.1, 0.15) is 0 Å². The van der Waals surface area contributed by atoms with E-state index < -0.39 is 0 Å². The fourth-order valence-corrected chi connectivity index (χ4v) is 1.98. The SMILES string of the molecule is Cc1cnn(-c2cc(CNCC(C)C)cc(C)n2)c1. The highest BCUT2D eigenvalue weighted by Gasteiger charge is 2.04. The van der Waals surface area contributed by atoms with E-state index in [-0.39, 0.29) is 0 Å². The summed E-state index contributed by atoms with van der Waals surface area (Å²) < 4.78 is 1.83. The Kier molecular flexibility index (Phi) is 4.32. The van der Waals surface area contributed by atoms with Crippen LogP contribution in [0.5, 0.6) is 0 Å². The summed E-state index contributed by atoms with van der Waals surface area (Å²) in [7, 11) is 0. The fourth-order valence-electron chi connectivity index (χ4n) is 1.98. The van der Waals surface area contributed by atoms with Gasteiger partial charge in [0.2, 0.25) is 0 Å². The standard InChI is InChI=1S/C15H22N4/c1-11(2)7-16-9-14-5-13(4)18-15(6-14)19-10-12(3)8-17-19/h5-6,8,10-11,16H,7,9H2,1-4H3. The van der Waals surface area contributed by atoms with Gasteiger partial charge in [0.15, 0.2) is 5.82 Å². The first-order chi connectivity index (χ1) is 9.04. The maximum atomic E-state index is 4.53. The molecule has 0 aliphatic rings. The first-order valence-corrected chi connectivity index (χ1v) is 6.74. The highest BCUT2D eigenvalue weighted by Crippen LogP contribution is 2.10. The monoisotopic (exact) mass is 258 g/mol. The molecule has 0 saturated carbocycles. The van der Waals surface area contributed by atoms with E-state index in [1.165, 1.54) is 5.56 Å². The van der Waals surface area contributed by atoms with Crippen molar-refractivity contribution in [3.05, 3.63) is 41.3 Å². The molecular formula is C15H22N4. The predicted octanol–water partition coefficient (Wildman–Crippen LogP) is 2.63. The lowest BCUT2D eigenvalue weighted by Crippen LogP contribution is -2.19. The van der Waals surface area contributed by atoms with Gasteiger partial charge in [0, 0.05) is 18.4 Å². The van der Waals surface area contributed by atoms with E-state index in [0.29, 0.717) is 5.92 Å². The lowest BCUT2D eigenvalue weighted by molar-refractivity contribution is 0.552. The minimum absolute atomic E-state index is 0.663. The number of rotatable bonds is 5. The Bertz CT molecular complexity index is 543. The predicted molar refractivity (Wildman–Crippen MR) is 77.4 cm³/mol. The summed E-state index contributed by atoms with van der Waals surface area (Å²) in [6, 6.07) is 4.21. The van der Waals surface area contributed by atoms with Gasteiger partial charge < -0.3 is 5.32 Å². The minimum Gasteiger partial charge on any atom is -0.312 e. The second-order valence-corrected chi connectivity index (χ2v) is 5.46. The van der Waals surface area contributed by atoms with Crippen molar-refractivity contribution in [3.63, 3.8) is 0 Å². The van der Waals surface area contributed by atoms with Crippen molar-refractivity contribution in [2.24, 2.45) is 5.92 Å². The Hall–Kier alpha value is -1.68. The van der Waals surface area contributed by atoms with Crippen LogP contribution < -0.4 is 5.32 Å². The molecule has 0 bridgehead atoms. The van der Waals surface area contributed by atoms with Gasteiger partial charge in [0.25, 0.3) is 0 Å². The highest BCUT2D eigenvalue weighted by molar-refractivity contribution is 5.30. The van der Waals surface area contributed by atoms with Crippen LogP contribution in [0.2, 0.25) is 0 Å². The minimum atomic E-state index is 0.663. The summed E-state index contributed by atoms with van der Waals surface area (Å²) in [5.74, 6) is 1.55. The van der Waals surface area contributed by atoms with Crippen LogP contribution in [0, 0.1) is 19.8 Å². The van der Waals surface area contributed by atoms with Crippen LogP contribution in [0.25, 0.3) is 5.82 Å². The first-order valence-electron chi connectivity index (χ1n) is 6.74. The van der Waals surface area contributed by atoms with Crippen molar-refractivity contribution < 1.29 is 0 Å². The molecule has 0 aliphatic carbocycles. The zero-order valence-electron chi connectivity index (χ0n) is 12.1. The largest absolute Gasteiger partial charge is 0.312 e. The van der Waals surface area contributed by atoms with Crippen LogP contribution in [0.1, 0.15) is 30.7 Å². The van der Waals surface area contributed by atoms with Gasteiger partial charge in [-0.25, -0.2) is 9.67 Å². The van der Waals surface area contributed by atoms with Gasteiger partial charge in [0.05, 0.1) is 6.20 Å². The Morgan fingerprint density at radius 1 is 1.26 bits per heavy atom. The number of pyridine rings is 1. The zero-order valence-corrected chi connectivity index (χ0v) is 12.1. The molecule has 0 unspecified atom stereocenters. The molecule has 19 heavy (non-hydrogen) atoms. The summed E-state index contributed by atoms with van der Waals surface area (Å²) in [4.78, 5) is 4.53. The number of nitrogens with zero attached hydrogens (tertiary/aromatic N) is 3. The summed E-state index contributed by atoms with van der Waals surface area (Å²) in [5, 5.41) is 7.77. The van der Waals surface area contributed by atoms with Crippen molar-refractivity contribution in [1.82, 2.24) is 20.1 Å². The topological polar surface area (TPSA) is 42.7 Å². The van der Waals surface area contributed by atoms with Crippen LogP contribution in [-0.4, -0.2) is 21.3 Å². The van der Waals surface area contributed by atoms with Crippen LogP contribution in [0.15, 0.2) is 24.5 Å². The number of hydrogen-bond acceptors (Lipinski definition) is 3. The molecule has 0 aromatic carbocycles. The lowest BCUT2D eigenvalue weighted by atomic mass is 10.2. The van der Waals surface area contributed by atoms with Crippen LogP contribution in [0.3, 0.4) is 0 Å². The second kappa shape index (κ2) is 5.97. The number of hydrogen-bond donors (Lipinski definition) is 1. The van der Waals surface area contributed by atoms with Crippen LogP contribution in [0.4, 0.5) is 0 Å². The second-order valence-electron chi connectivity index (χ2n) is 5.46. The van der Waals surface area contributed by atoms with E-state index in [1.54, 1.807) is 0 Å². The van der Waals surface area contributed by atoms with E-state index in [9.17, 15) is 0 Å². The molecule has 1 N–H and O–H groups in total. The van der Waals surface area contributed by atoms with Gasteiger partial charge >= 0.3 is 0 Å². The van der Waals surface area contributed by atoms with E-state index in [4.69, 9.17) is 0 Å². The Labute approximate surface area is 114 Å². The van der Waals surface area contributed by atoms with Gasteiger partial charge in [-0.1, -0.05) is 13.8 Å². The molecule has 102 valence electrons. The Morgan fingerprint density at radius 3 is 2.68 bits per heavy atom. The summed E-state index contributed by atoms with van der Waals surface area (Å²) >= 11 is 0. The number of aromatic nitrogens is 3. The Balaban J connectivity index is 2.15. The van der Waals surface area contributed by atoms with Crippen molar-refractivity contribution in [1.29, 1.82) is 0 Å². The maximum absolute atomic E-state index is 4.53. The van der Waals surface area contributed by atoms with E-state index >= 15 is 0 Å². The van der Waals surface area contributed by atoms with E-state index in [1.807, 2.05) is 30.9 Å². The maximum Gasteiger partial charge on any atom is 0.153 e. The first kappa shape index (κ1) is 13.7. The normalized spacial score (nSPS) is 11.2. The molecule has 0 atom stereocenters. The molecule has 2 rings (SSSR count). The molecule has 4 heteroatoms. The van der Waals surface area contributed by atoms with Crippen LogP contribution in [-0.2, 0) is 6.54 Å². The van der Waals surface area contributed by atoms with E-state index in [0.717, 1.165) is 30.2 Å². The van der Waals surface area contributed by atoms with Crippen molar-refractivity contribution in [2.45, 2.75) is 34.2 Å². The summed E-state index contributed by atoms with van der Waals surface area (Å²) in [6.45, 7) is 10.4. The smallest absolute Gasteiger partial charge is 0.153 e. The number of nitrogens with one attached hydrogen (secondary N) is 1. The van der Waals surface area contributed by atoms with Crippen molar-refractivity contribution in [3.8, 4) is 5.82 Å². The fraction of sp³-hybridized carbons (Fsp3) is 0.467. The summed E-state index contributed by atoms with van der Waals surface area (Å²) in [6.07, 6.45) is 3.84. The van der Waals surface area contributed by atoms with E-state index in [2.05, 4.69) is 41.4 Å². The Morgan fingerprint density at radius 2 is 2.05 bits per heavy atom. The summed E-state index contributed by atoms with van der Waals surface area (Å²) in [5.41, 5.74) is 3.41. The van der Waals surface area contributed by atoms with Crippen molar-refractivity contribution >= 4 is 0 Å². The average molecular weight is 258 g/mol. The zero-order chi connectivity index (χ0) is 13.8. The molecule has 0 radical (unpaired) electrons. The number of aryl methyl sites for hydroxylation is 2. The molecule has 0 saturated heterocycles. The van der Waals surface area contributed by atoms with Gasteiger partial charge in [-0.2, -0.15) is 5.10 Å². The molecule has 0 fully saturated rings. The molecule has 4 nitrogen and oxygen atoms in total. The molecule has 0 amide bonds. The third kappa shape index (κ3) is 3.89. The average Bonchev–Trinajstić information content (AvgIpc) is 2.75. The van der Waals surface area contributed by atoms with Gasteiger partial charge in [-0.15, -0.1) is 0 Å². The quantitative estimate of drug-likeness (QED) is 0.896. The van der Waals surface area contributed by atoms with Gasteiger partial charge in [-0.3, -0.25) is 0 Å².